The molecule has 1 aliphatic heterocycles. The Morgan fingerprint density at radius 1 is 1.00 bits per heavy atom. The lowest BCUT2D eigenvalue weighted by molar-refractivity contribution is -0.0444. The maximum atomic E-state index is 9.66. The number of allylic oxidation sites excluding steroid dienone is 1. The lowest BCUT2D eigenvalue weighted by atomic mass is 9.47. The fourth-order valence-corrected chi connectivity index (χ4v) is 10.7. The van der Waals surface area contributed by atoms with Gasteiger partial charge in [0.2, 0.25) is 0 Å². The molecule has 1 heterocycles. The van der Waals surface area contributed by atoms with Gasteiger partial charge in [0.25, 0.3) is 0 Å². The van der Waals surface area contributed by atoms with Gasteiger partial charge in [-0.05, 0) is 80.0 Å². The molecular formula is C22H31NS2. The summed E-state index contributed by atoms with van der Waals surface area (Å²) in [7, 11) is 0. The Labute approximate surface area is 161 Å². The normalized spacial score (nSPS) is 50.5. The van der Waals surface area contributed by atoms with Gasteiger partial charge < -0.3 is 0 Å². The van der Waals surface area contributed by atoms with E-state index in [4.69, 9.17) is 0 Å². The van der Waals surface area contributed by atoms with Gasteiger partial charge in [-0.25, -0.2) is 0 Å². The molecule has 5 rings (SSSR count). The smallest absolute Gasteiger partial charge is 0.0795 e. The zero-order valence-electron chi connectivity index (χ0n) is 15.7. The number of fused-ring (bicyclic) bond motifs is 5. The van der Waals surface area contributed by atoms with Crippen LogP contribution in [0, 0.1) is 45.8 Å². The minimum absolute atomic E-state index is 0.320. The Morgan fingerprint density at radius 2 is 1.80 bits per heavy atom. The van der Waals surface area contributed by atoms with Gasteiger partial charge in [-0.1, -0.05) is 25.5 Å². The summed E-state index contributed by atoms with van der Waals surface area (Å²) >= 11 is 4.44. The number of nitriles is 1. The van der Waals surface area contributed by atoms with Crippen LogP contribution in [0.15, 0.2) is 11.6 Å². The maximum absolute atomic E-state index is 9.66. The molecule has 1 saturated heterocycles. The second-order valence-electron chi connectivity index (χ2n) is 9.81. The van der Waals surface area contributed by atoms with E-state index in [2.05, 4.69) is 49.5 Å². The summed E-state index contributed by atoms with van der Waals surface area (Å²) in [4.78, 5) is 0. The Bertz CT molecular complexity index is 643. The van der Waals surface area contributed by atoms with Gasteiger partial charge in [0.1, 0.15) is 0 Å². The molecule has 0 N–H and O–H groups in total. The van der Waals surface area contributed by atoms with Crippen molar-refractivity contribution in [1.82, 2.24) is 0 Å². The first-order valence-corrected chi connectivity index (χ1v) is 12.4. The van der Waals surface area contributed by atoms with Crippen LogP contribution in [0.5, 0.6) is 0 Å². The fraction of sp³-hybridized carbons (Fsp3) is 0.864. The van der Waals surface area contributed by atoms with E-state index >= 15 is 0 Å². The van der Waals surface area contributed by atoms with E-state index in [0.29, 0.717) is 20.8 Å². The molecule has 4 aliphatic carbocycles. The highest BCUT2D eigenvalue weighted by atomic mass is 32.2. The van der Waals surface area contributed by atoms with Crippen LogP contribution in [0.4, 0.5) is 0 Å². The van der Waals surface area contributed by atoms with Crippen LogP contribution in [0.1, 0.15) is 65.2 Å². The van der Waals surface area contributed by atoms with E-state index in [0.717, 1.165) is 24.2 Å². The van der Waals surface area contributed by atoms with Crippen molar-refractivity contribution in [1.29, 1.82) is 5.26 Å². The van der Waals surface area contributed by atoms with Crippen LogP contribution < -0.4 is 0 Å². The molecule has 1 nitrogen and oxygen atoms in total. The molecular weight excluding hydrogens is 343 g/mol. The van der Waals surface area contributed by atoms with Crippen LogP contribution in [-0.4, -0.2) is 15.6 Å². The molecule has 0 aromatic heterocycles. The van der Waals surface area contributed by atoms with E-state index in [9.17, 15) is 5.26 Å². The van der Waals surface area contributed by atoms with Crippen LogP contribution in [0.2, 0.25) is 0 Å². The molecule has 136 valence electrons. The summed E-state index contributed by atoms with van der Waals surface area (Å²) in [5, 5.41) is 9.66. The highest BCUT2D eigenvalue weighted by Gasteiger charge is 2.59. The molecule has 25 heavy (non-hydrogen) atoms. The minimum atomic E-state index is 0.320. The minimum Gasteiger partial charge on any atom is -0.198 e. The zero-order valence-corrected chi connectivity index (χ0v) is 17.4. The van der Waals surface area contributed by atoms with E-state index in [1.54, 1.807) is 0 Å². The zero-order chi connectivity index (χ0) is 17.3. The SMILES string of the molecule is C[C@]12CC[C@H]3[C@@H](CCC4=CC5(CC[C@@]43C)SCCS5)[C@@H]1CC[C@@H]2[13C]#N. The summed E-state index contributed by atoms with van der Waals surface area (Å²) in [6, 6.07) is 2.68. The third-order valence-corrected chi connectivity index (χ3v) is 12.5. The van der Waals surface area contributed by atoms with Crippen molar-refractivity contribution in [2.75, 3.05) is 11.5 Å². The summed E-state index contributed by atoms with van der Waals surface area (Å²) < 4.78 is 0.435. The first kappa shape index (κ1) is 17.1. The second kappa shape index (κ2) is 5.71. The number of nitrogens with zero attached hydrogens (tertiary/aromatic N) is 1. The van der Waals surface area contributed by atoms with E-state index in [-0.39, 0.29) is 0 Å². The molecule has 0 aromatic carbocycles. The Morgan fingerprint density at radius 3 is 2.56 bits per heavy atom. The van der Waals surface area contributed by atoms with Crippen molar-refractivity contribution in [3.05, 3.63) is 11.6 Å². The first-order chi connectivity index (χ1) is 12.0. The van der Waals surface area contributed by atoms with Crippen LogP contribution >= 0.6 is 23.5 Å². The molecule has 0 unspecified atom stereocenters. The van der Waals surface area contributed by atoms with Crippen molar-refractivity contribution in [2.45, 2.75) is 69.3 Å². The number of hydrogen-bond acceptors (Lipinski definition) is 3. The van der Waals surface area contributed by atoms with E-state index < -0.39 is 0 Å². The molecule has 0 radical (unpaired) electrons. The Hall–Kier alpha value is -0.0700. The van der Waals surface area contributed by atoms with Gasteiger partial charge in [-0.15, -0.1) is 23.5 Å². The predicted molar refractivity (Wildman–Crippen MR) is 108 cm³/mol. The summed E-state index contributed by atoms with van der Waals surface area (Å²) in [5.74, 6) is 5.60. The Balaban J connectivity index is 1.46. The average Bonchev–Trinajstić information content (AvgIpc) is 3.19. The predicted octanol–water partition coefficient (Wildman–Crippen LogP) is 6.27. The van der Waals surface area contributed by atoms with E-state index in [1.165, 1.54) is 56.5 Å². The number of rotatable bonds is 0. The largest absolute Gasteiger partial charge is 0.198 e. The topological polar surface area (TPSA) is 23.8 Å². The maximum Gasteiger partial charge on any atom is 0.0795 e. The molecule has 1 spiro atoms. The van der Waals surface area contributed by atoms with Crippen molar-refractivity contribution >= 4 is 23.5 Å². The molecule has 3 saturated carbocycles. The average molecular weight is 375 g/mol. The van der Waals surface area contributed by atoms with Gasteiger partial charge in [-0.2, -0.15) is 5.26 Å². The van der Waals surface area contributed by atoms with E-state index in [1.807, 2.05) is 5.57 Å². The molecule has 5 aliphatic rings. The molecule has 6 atom stereocenters. The second-order valence-corrected chi connectivity index (χ2v) is 12.9. The highest BCUT2D eigenvalue weighted by molar-refractivity contribution is 8.21. The summed E-state index contributed by atoms with van der Waals surface area (Å²) in [6.07, 6.45) is 13.4. The third-order valence-electron chi connectivity index (χ3n) is 9.05. The number of thioether (sulfide) groups is 2. The molecule has 0 aromatic rings. The van der Waals surface area contributed by atoms with Crippen molar-refractivity contribution < 1.29 is 0 Å². The van der Waals surface area contributed by atoms with Crippen molar-refractivity contribution in [3.8, 4) is 6.07 Å². The molecule has 3 heteroatoms. The van der Waals surface area contributed by atoms with Crippen LogP contribution in [-0.2, 0) is 0 Å². The quantitative estimate of drug-likeness (QED) is 0.369. The first-order valence-electron chi connectivity index (χ1n) is 10.4. The summed E-state index contributed by atoms with van der Waals surface area (Å²) in [5.41, 5.74) is 2.60. The highest BCUT2D eigenvalue weighted by Crippen LogP contribution is 2.68. The molecule has 0 amide bonds. The molecule has 0 bridgehead atoms. The van der Waals surface area contributed by atoms with Gasteiger partial charge in [-0.3, -0.25) is 0 Å². The van der Waals surface area contributed by atoms with Gasteiger partial charge in [0.05, 0.1) is 16.1 Å². The van der Waals surface area contributed by atoms with Crippen molar-refractivity contribution in [3.63, 3.8) is 0 Å². The summed E-state index contributed by atoms with van der Waals surface area (Å²) in [6.45, 7) is 5.08. The number of hydrogen-bond donors (Lipinski definition) is 0. The fourth-order valence-electron chi connectivity index (χ4n) is 7.59. The van der Waals surface area contributed by atoms with Crippen molar-refractivity contribution in [2.24, 2.45) is 34.5 Å². The van der Waals surface area contributed by atoms with Gasteiger partial charge in [0, 0.05) is 11.5 Å². The third kappa shape index (κ3) is 2.29. The van der Waals surface area contributed by atoms with Crippen LogP contribution in [0.25, 0.3) is 0 Å². The van der Waals surface area contributed by atoms with Gasteiger partial charge >= 0.3 is 0 Å². The molecule has 4 fully saturated rings. The standard InChI is InChI=1S/C22H31NS2/c1-20-8-7-19-17(18(20)6-4-16(20)14-23)5-3-15-13-22(24-11-12-25-22)10-9-21(15,19)2/h13,16-19H,3-12H2,1-2H3/t16-,17+,18+,19+,20-,21+/m1/s1/i14+1. The van der Waals surface area contributed by atoms with Crippen LogP contribution in [0.3, 0.4) is 0 Å². The monoisotopic (exact) mass is 374 g/mol. The Kier molecular flexibility index (Phi) is 3.90. The lowest BCUT2D eigenvalue weighted by Gasteiger charge is -2.59. The lowest BCUT2D eigenvalue weighted by Crippen LogP contribution is -2.51. The van der Waals surface area contributed by atoms with Gasteiger partial charge in [0.15, 0.2) is 0 Å².